The lowest BCUT2D eigenvalue weighted by atomic mass is 9.87. The summed E-state index contributed by atoms with van der Waals surface area (Å²) in [6.45, 7) is 6.37. The standard InChI is InChI=1S/C24H35N3O3/c1-18(2)20-8-10-21(11-9-20)24(30)27-14-12-26(13-15-27)23(29)17-25-22(28)16-19-6-4-3-5-7-19/h8-11,18-19H,3-7,12-17H2,1-2H3,(H,25,28). The fraction of sp³-hybridized carbons (Fsp3) is 0.625. The normalized spacial score (nSPS) is 17.8. The van der Waals surface area contributed by atoms with E-state index in [2.05, 4.69) is 19.2 Å². The molecule has 0 radical (unpaired) electrons. The zero-order valence-corrected chi connectivity index (χ0v) is 18.4. The van der Waals surface area contributed by atoms with Crippen molar-refractivity contribution in [2.45, 2.75) is 58.3 Å². The SMILES string of the molecule is CC(C)c1ccc(C(=O)N2CCN(C(=O)CNC(=O)CC3CCCCC3)CC2)cc1. The van der Waals surface area contributed by atoms with Gasteiger partial charge in [-0.2, -0.15) is 0 Å². The van der Waals surface area contributed by atoms with Crippen molar-refractivity contribution >= 4 is 17.7 Å². The monoisotopic (exact) mass is 413 g/mol. The Balaban J connectivity index is 1.40. The van der Waals surface area contributed by atoms with Gasteiger partial charge < -0.3 is 15.1 Å². The minimum Gasteiger partial charge on any atom is -0.347 e. The van der Waals surface area contributed by atoms with Crippen LogP contribution in [0.3, 0.4) is 0 Å². The number of benzene rings is 1. The molecule has 30 heavy (non-hydrogen) atoms. The summed E-state index contributed by atoms with van der Waals surface area (Å²) in [4.78, 5) is 40.8. The fourth-order valence-electron chi connectivity index (χ4n) is 4.36. The number of rotatable bonds is 6. The molecule has 6 nitrogen and oxygen atoms in total. The molecule has 0 spiro atoms. The molecule has 1 saturated heterocycles. The number of hydrogen-bond acceptors (Lipinski definition) is 3. The number of amides is 3. The molecule has 0 aromatic heterocycles. The molecule has 6 heteroatoms. The second-order valence-corrected chi connectivity index (χ2v) is 8.93. The van der Waals surface area contributed by atoms with E-state index in [1.165, 1.54) is 24.8 Å². The van der Waals surface area contributed by atoms with Gasteiger partial charge >= 0.3 is 0 Å². The lowest BCUT2D eigenvalue weighted by Crippen LogP contribution is -2.52. The fourth-order valence-corrected chi connectivity index (χ4v) is 4.36. The highest BCUT2D eigenvalue weighted by Gasteiger charge is 2.25. The van der Waals surface area contributed by atoms with Crippen LogP contribution in [0.1, 0.15) is 74.2 Å². The van der Waals surface area contributed by atoms with Crippen LogP contribution in [0.15, 0.2) is 24.3 Å². The van der Waals surface area contributed by atoms with Gasteiger partial charge in [-0.1, -0.05) is 45.2 Å². The third-order valence-corrected chi connectivity index (χ3v) is 6.38. The average molecular weight is 414 g/mol. The summed E-state index contributed by atoms with van der Waals surface area (Å²) in [7, 11) is 0. The van der Waals surface area contributed by atoms with Crippen LogP contribution in [-0.2, 0) is 9.59 Å². The zero-order chi connectivity index (χ0) is 21.5. The van der Waals surface area contributed by atoms with Crippen molar-refractivity contribution in [1.82, 2.24) is 15.1 Å². The number of carbonyl (C=O) groups excluding carboxylic acids is 3. The van der Waals surface area contributed by atoms with E-state index in [1.807, 2.05) is 24.3 Å². The van der Waals surface area contributed by atoms with Crippen LogP contribution in [0, 0.1) is 5.92 Å². The Hall–Kier alpha value is -2.37. The molecule has 0 bridgehead atoms. The number of hydrogen-bond donors (Lipinski definition) is 1. The number of piperazine rings is 1. The molecule has 2 aliphatic rings. The summed E-state index contributed by atoms with van der Waals surface area (Å²) < 4.78 is 0. The first-order chi connectivity index (χ1) is 14.4. The van der Waals surface area contributed by atoms with Gasteiger partial charge in [0.1, 0.15) is 0 Å². The summed E-state index contributed by atoms with van der Waals surface area (Å²) in [5, 5.41) is 2.79. The van der Waals surface area contributed by atoms with E-state index >= 15 is 0 Å². The average Bonchev–Trinajstić information content (AvgIpc) is 2.78. The van der Waals surface area contributed by atoms with Crippen LogP contribution >= 0.6 is 0 Å². The maximum absolute atomic E-state index is 12.7. The van der Waals surface area contributed by atoms with E-state index in [4.69, 9.17) is 0 Å². The van der Waals surface area contributed by atoms with E-state index < -0.39 is 0 Å². The summed E-state index contributed by atoms with van der Waals surface area (Å²) in [5.41, 5.74) is 1.90. The molecule has 3 rings (SSSR count). The van der Waals surface area contributed by atoms with Crippen LogP contribution in [0.5, 0.6) is 0 Å². The number of nitrogens with one attached hydrogen (secondary N) is 1. The van der Waals surface area contributed by atoms with Crippen LogP contribution in [0.25, 0.3) is 0 Å². The minimum atomic E-state index is -0.0691. The third-order valence-electron chi connectivity index (χ3n) is 6.38. The van der Waals surface area contributed by atoms with Crippen molar-refractivity contribution in [1.29, 1.82) is 0 Å². The highest BCUT2D eigenvalue weighted by atomic mass is 16.2. The summed E-state index contributed by atoms with van der Waals surface area (Å²) >= 11 is 0. The van der Waals surface area contributed by atoms with Crippen molar-refractivity contribution in [3.8, 4) is 0 Å². The second kappa shape index (κ2) is 10.6. The first kappa shape index (κ1) is 22.3. The molecular formula is C24H35N3O3. The van der Waals surface area contributed by atoms with E-state index in [0.717, 1.165) is 12.8 Å². The van der Waals surface area contributed by atoms with Crippen LogP contribution in [0.4, 0.5) is 0 Å². The molecule has 3 amide bonds. The van der Waals surface area contributed by atoms with Gasteiger partial charge in [-0.05, 0) is 42.4 Å². The Morgan fingerprint density at radius 3 is 2.13 bits per heavy atom. The van der Waals surface area contributed by atoms with Gasteiger partial charge in [0.15, 0.2) is 0 Å². The molecule has 0 unspecified atom stereocenters. The lowest BCUT2D eigenvalue weighted by molar-refractivity contribution is -0.134. The van der Waals surface area contributed by atoms with Crippen molar-refractivity contribution in [3.05, 3.63) is 35.4 Å². The van der Waals surface area contributed by atoms with Gasteiger partial charge in [0.2, 0.25) is 11.8 Å². The molecule has 164 valence electrons. The topological polar surface area (TPSA) is 69.7 Å². The second-order valence-electron chi connectivity index (χ2n) is 8.93. The Kier molecular flexibility index (Phi) is 7.88. The Bertz CT molecular complexity index is 731. The molecule has 0 atom stereocenters. The molecule has 1 N–H and O–H groups in total. The van der Waals surface area contributed by atoms with Gasteiger partial charge in [-0.3, -0.25) is 14.4 Å². The quantitative estimate of drug-likeness (QED) is 0.779. The molecule has 1 aliphatic heterocycles. The Labute approximate surface area is 180 Å². The summed E-state index contributed by atoms with van der Waals surface area (Å²) in [6.07, 6.45) is 6.47. The van der Waals surface area contributed by atoms with Crippen molar-refractivity contribution in [3.63, 3.8) is 0 Å². The van der Waals surface area contributed by atoms with Gasteiger partial charge in [0.25, 0.3) is 5.91 Å². The van der Waals surface area contributed by atoms with Crippen LogP contribution < -0.4 is 5.32 Å². The number of carbonyl (C=O) groups is 3. The van der Waals surface area contributed by atoms with Gasteiger partial charge in [0, 0.05) is 38.2 Å². The summed E-state index contributed by atoms with van der Waals surface area (Å²) in [6, 6.07) is 7.79. The molecule has 2 fully saturated rings. The highest BCUT2D eigenvalue weighted by molar-refractivity contribution is 5.94. The van der Waals surface area contributed by atoms with Crippen molar-refractivity contribution in [2.24, 2.45) is 5.92 Å². The minimum absolute atomic E-state index is 0.0122. The van der Waals surface area contributed by atoms with Gasteiger partial charge in [0.05, 0.1) is 6.54 Å². The summed E-state index contributed by atoms with van der Waals surface area (Å²) in [5.74, 6) is 0.831. The highest BCUT2D eigenvalue weighted by Crippen LogP contribution is 2.26. The van der Waals surface area contributed by atoms with Crippen molar-refractivity contribution < 1.29 is 14.4 Å². The largest absolute Gasteiger partial charge is 0.347 e. The van der Waals surface area contributed by atoms with Crippen LogP contribution in [-0.4, -0.2) is 60.2 Å². The molecular weight excluding hydrogens is 378 g/mol. The predicted molar refractivity (Wildman–Crippen MR) is 117 cm³/mol. The Morgan fingerprint density at radius 2 is 1.53 bits per heavy atom. The lowest BCUT2D eigenvalue weighted by Gasteiger charge is -2.35. The first-order valence-corrected chi connectivity index (χ1v) is 11.4. The van der Waals surface area contributed by atoms with Crippen molar-refractivity contribution in [2.75, 3.05) is 32.7 Å². The van der Waals surface area contributed by atoms with Gasteiger partial charge in [-0.15, -0.1) is 0 Å². The maximum Gasteiger partial charge on any atom is 0.253 e. The molecule has 1 heterocycles. The van der Waals surface area contributed by atoms with E-state index in [-0.39, 0.29) is 24.3 Å². The molecule has 1 aromatic rings. The number of nitrogens with zero attached hydrogens (tertiary/aromatic N) is 2. The predicted octanol–water partition coefficient (Wildman–Crippen LogP) is 3.18. The third kappa shape index (κ3) is 6.07. The molecule has 1 saturated carbocycles. The Morgan fingerprint density at radius 1 is 0.933 bits per heavy atom. The van der Waals surface area contributed by atoms with E-state index in [0.29, 0.717) is 50.0 Å². The van der Waals surface area contributed by atoms with Crippen LogP contribution in [0.2, 0.25) is 0 Å². The van der Waals surface area contributed by atoms with E-state index in [1.54, 1.807) is 9.80 Å². The zero-order valence-electron chi connectivity index (χ0n) is 18.4. The smallest absolute Gasteiger partial charge is 0.253 e. The first-order valence-electron chi connectivity index (χ1n) is 11.4. The molecule has 1 aromatic carbocycles. The van der Waals surface area contributed by atoms with E-state index in [9.17, 15) is 14.4 Å². The maximum atomic E-state index is 12.7. The molecule has 1 aliphatic carbocycles. The van der Waals surface area contributed by atoms with Gasteiger partial charge in [-0.25, -0.2) is 0 Å².